The summed E-state index contributed by atoms with van der Waals surface area (Å²) in [5, 5.41) is 8.73. The molecule has 0 fully saturated rings. The van der Waals surface area contributed by atoms with Gasteiger partial charge in [0, 0.05) is 5.57 Å². The molecule has 0 aromatic carbocycles. The van der Waals surface area contributed by atoms with Crippen LogP contribution in [0, 0.1) is 0 Å². The number of carboxylic acid groups (broad SMARTS) is 1. The Labute approximate surface area is 84.8 Å². The Morgan fingerprint density at radius 3 is 2.36 bits per heavy atom. The molecule has 0 aliphatic heterocycles. The quantitative estimate of drug-likeness (QED) is 0.671. The molecule has 0 saturated heterocycles. The van der Waals surface area contributed by atoms with E-state index in [2.05, 4.69) is 0 Å². The maximum absolute atomic E-state index is 13.5. The van der Waals surface area contributed by atoms with Gasteiger partial charge in [-0.1, -0.05) is 26.7 Å². The van der Waals surface area contributed by atoms with Gasteiger partial charge in [-0.05, 0) is 25.3 Å². The van der Waals surface area contributed by atoms with Crippen molar-refractivity contribution in [3.63, 3.8) is 0 Å². The average molecular weight is 202 g/mol. The number of unbranched alkanes of at least 4 members (excludes halogenated alkanes) is 1. The molecule has 1 N–H and O–H groups in total. The summed E-state index contributed by atoms with van der Waals surface area (Å²) in [7, 11) is 0. The van der Waals surface area contributed by atoms with Crippen LogP contribution in [-0.4, -0.2) is 17.2 Å². The van der Waals surface area contributed by atoms with E-state index in [4.69, 9.17) is 5.11 Å². The second-order valence-electron chi connectivity index (χ2n) is 3.42. The molecule has 1 atom stereocenters. The van der Waals surface area contributed by atoms with Crippen molar-refractivity contribution in [3.05, 3.63) is 11.1 Å². The van der Waals surface area contributed by atoms with Gasteiger partial charge in [-0.3, -0.25) is 0 Å². The zero-order valence-corrected chi connectivity index (χ0v) is 9.14. The maximum Gasteiger partial charge on any atom is 0.331 e. The first-order valence-corrected chi connectivity index (χ1v) is 5.11. The fraction of sp³-hybridized carbons (Fsp3) is 0.727. The Morgan fingerprint density at radius 2 is 2.00 bits per heavy atom. The minimum Gasteiger partial charge on any atom is -0.478 e. The number of carbonyl (C=O) groups is 1. The first-order valence-electron chi connectivity index (χ1n) is 5.11. The van der Waals surface area contributed by atoms with Gasteiger partial charge in [0.15, 0.2) is 0 Å². The second kappa shape index (κ2) is 6.57. The number of hydrogen-bond donors (Lipinski definition) is 1. The van der Waals surface area contributed by atoms with Gasteiger partial charge in [0.25, 0.3) is 0 Å². The normalized spacial score (nSPS) is 14.9. The lowest BCUT2D eigenvalue weighted by Crippen LogP contribution is -2.10. The standard InChI is InChI=1S/C11H19FO2/c1-4-6-7-10(12)9(5-2)8(3)11(13)14/h10H,4-7H2,1-3H3,(H,13,14). The highest BCUT2D eigenvalue weighted by Gasteiger charge is 2.16. The summed E-state index contributed by atoms with van der Waals surface area (Å²) < 4.78 is 13.5. The van der Waals surface area contributed by atoms with Crippen LogP contribution < -0.4 is 0 Å². The van der Waals surface area contributed by atoms with Crippen LogP contribution in [0.3, 0.4) is 0 Å². The number of aliphatic carboxylic acids is 1. The predicted molar refractivity (Wildman–Crippen MR) is 55.0 cm³/mol. The van der Waals surface area contributed by atoms with Gasteiger partial charge >= 0.3 is 5.97 Å². The Hall–Kier alpha value is -0.860. The molecular weight excluding hydrogens is 183 g/mol. The summed E-state index contributed by atoms with van der Waals surface area (Å²) in [6, 6.07) is 0. The van der Waals surface area contributed by atoms with Crippen molar-refractivity contribution >= 4 is 5.97 Å². The first-order chi connectivity index (χ1) is 6.54. The van der Waals surface area contributed by atoms with E-state index in [1.807, 2.05) is 6.92 Å². The van der Waals surface area contributed by atoms with Crippen molar-refractivity contribution in [1.29, 1.82) is 0 Å². The molecule has 0 radical (unpaired) electrons. The van der Waals surface area contributed by atoms with Gasteiger partial charge in [0.05, 0.1) is 0 Å². The summed E-state index contributed by atoms with van der Waals surface area (Å²) >= 11 is 0. The zero-order valence-electron chi connectivity index (χ0n) is 9.14. The summed E-state index contributed by atoms with van der Waals surface area (Å²) in [4.78, 5) is 10.7. The number of halogens is 1. The van der Waals surface area contributed by atoms with Crippen LogP contribution in [-0.2, 0) is 4.79 Å². The van der Waals surface area contributed by atoms with Crippen molar-refractivity contribution < 1.29 is 14.3 Å². The molecule has 0 aliphatic rings. The summed E-state index contributed by atoms with van der Waals surface area (Å²) in [5.41, 5.74) is 0.599. The predicted octanol–water partition coefficient (Wildman–Crippen LogP) is 3.33. The minimum atomic E-state index is -1.09. The van der Waals surface area contributed by atoms with Crippen molar-refractivity contribution in [3.8, 4) is 0 Å². The lowest BCUT2D eigenvalue weighted by molar-refractivity contribution is -0.132. The van der Waals surface area contributed by atoms with Gasteiger partial charge in [0.1, 0.15) is 6.17 Å². The molecule has 0 spiro atoms. The van der Waals surface area contributed by atoms with E-state index in [9.17, 15) is 9.18 Å². The van der Waals surface area contributed by atoms with Crippen LogP contribution in [0.15, 0.2) is 11.1 Å². The van der Waals surface area contributed by atoms with E-state index in [0.29, 0.717) is 18.4 Å². The van der Waals surface area contributed by atoms with Crippen LogP contribution in [0.5, 0.6) is 0 Å². The lowest BCUT2D eigenvalue weighted by atomic mass is 9.98. The van der Waals surface area contributed by atoms with Crippen LogP contribution in [0.2, 0.25) is 0 Å². The van der Waals surface area contributed by atoms with Gasteiger partial charge in [-0.25, -0.2) is 9.18 Å². The molecule has 0 rings (SSSR count). The SMILES string of the molecule is CCCCC(F)C(CC)=C(C)C(=O)O. The highest BCUT2D eigenvalue weighted by atomic mass is 19.1. The third kappa shape index (κ3) is 3.90. The molecule has 2 nitrogen and oxygen atoms in total. The largest absolute Gasteiger partial charge is 0.478 e. The molecule has 0 aromatic heterocycles. The maximum atomic E-state index is 13.5. The van der Waals surface area contributed by atoms with E-state index >= 15 is 0 Å². The molecule has 0 amide bonds. The molecular formula is C11H19FO2. The van der Waals surface area contributed by atoms with E-state index in [1.165, 1.54) is 6.92 Å². The van der Waals surface area contributed by atoms with Gasteiger partial charge in [-0.15, -0.1) is 0 Å². The van der Waals surface area contributed by atoms with Gasteiger partial charge < -0.3 is 5.11 Å². The Bertz CT molecular complexity index is 221. The Balaban J connectivity index is 4.53. The minimum absolute atomic E-state index is 0.163. The number of rotatable bonds is 6. The zero-order chi connectivity index (χ0) is 11.1. The topological polar surface area (TPSA) is 37.3 Å². The van der Waals surface area contributed by atoms with Crippen LogP contribution >= 0.6 is 0 Å². The molecule has 1 unspecified atom stereocenters. The number of alkyl halides is 1. The molecule has 82 valence electrons. The molecule has 0 aromatic rings. The highest BCUT2D eigenvalue weighted by molar-refractivity contribution is 5.86. The van der Waals surface area contributed by atoms with Crippen molar-refractivity contribution in [2.75, 3.05) is 0 Å². The van der Waals surface area contributed by atoms with Crippen LogP contribution in [0.1, 0.15) is 46.5 Å². The second-order valence-corrected chi connectivity index (χ2v) is 3.42. The summed E-state index contributed by atoms with van der Waals surface area (Å²) in [6.45, 7) is 5.26. The molecule has 0 aliphatic carbocycles. The van der Waals surface area contributed by atoms with Crippen LogP contribution in [0.4, 0.5) is 4.39 Å². The molecule has 3 heteroatoms. The molecule has 14 heavy (non-hydrogen) atoms. The first kappa shape index (κ1) is 13.1. The average Bonchev–Trinajstić information content (AvgIpc) is 2.15. The highest BCUT2D eigenvalue weighted by Crippen LogP contribution is 2.20. The molecule has 0 bridgehead atoms. The van der Waals surface area contributed by atoms with E-state index in [1.54, 1.807) is 6.92 Å². The lowest BCUT2D eigenvalue weighted by Gasteiger charge is -2.12. The smallest absolute Gasteiger partial charge is 0.331 e. The van der Waals surface area contributed by atoms with Gasteiger partial charge in [-0.2, -0.15) is 0 Å². The number of carboxylic acids is 1. The van der Waals surface area contributed by atoms with Crippen molar-refractivity contribution in [2.45, 2.75) is 52.6 Å². The van der Waals surface area contributed by atoms with E-state index in [-0.39, 0.29) is 5.57 Å². The summed E-state index contributed by atoms with van der Waals surface area (Å²) in [6.07, 6.45) is 1.56. The fourth-order valence-electron chi connectivity index (χ4n) is 1.42. The van der Waals surface area contributed by atoms with E-state index in [0.717, 1.165) is 12.8 Å². The fourth-order valence-corrected chi connectivity index (χ4v) is 1.42. The Morgan fingerprint density at radius 1 is 1.43 bits per heavy atom. The van der Waals surface area contributed by atoms with Crippen molar-refractivity contribution in [1.82, 2.24) is 0 Å². The van der Waals surface area contributed by atoms with Gasteiger partial charge in [0.2, 0.25) is 0 Å². The third-order valence-corrected chi connectivity index (χ3v) is 2.37. The number of hydrogen-bond acceptors (Lipinski definition) is 1. The summed E-state index contributed by atoms with van der Waals surface area (Å²) in [5.74, 6) is -1.01. The molecule has 0 saturated carbocycles. The third-order valence-electron chi connectivity index (χ3n) is 2.37. The van der Waals surface area contributed by atoms with Crippen molar-refractivity contribution in [2.24, 2.45) is 0 Å². The Kier molecular flexibility index (Phi) is 6.17. The number of allylic oxidation sites excluding steroid dienone is 1. The molecule has 0 heterocycles. The monoisotopic (exact) mass is 202 g/mol. The van der Waals surface area contributed by atoms with Crippen LogP contribution in [0.25, 0.3) is 0 Å². The van der Waals surface area contributed by atoms with E-state index < -0.39 is 12.1 Å².